The van der Waals surface area contributed by atoms with Crippen molar-refractivity contribution in [3.63, 3.8) is 0 Å². The van der Waals surface area contributed by atoms with Crippen molar-refractivity contribution in [2.24, 2.45) is 5.10 Å². The van der Waals surface area contributed by atoms with Crippen molar-refractivity contribution in [2.45, 2.75) is 6.92 Å². The second-order valence-electron chi connectivity index (χ2n) is 4.80. The van der Waals surface area contributed by atoms with Gasteiger partial charge in [-0.15, -0.1) is 0 Å². The highest BCUT2D eigenvalue weighted by molar-refractivity contribution is 8.14. The van der Waals surface area contributed by atoms with Crippen molar-refractivity contribution in [1.82, 2.24) is 4.90 Å². The Bertz CT molecular complexity index is 521. The van der Waals surface area contributed by atoms with Crippen LogP contribution in [0.2, 0.25) is 0 Å². The number of thioether (sulfide) groups is 1. The second kappa shape index (κ2) is 6.41. The van der Waals surface area contributed by atoms with E-state index in [2.05, 4.69) is 46.8 Å². The number of benzene rings is 1. The maximum absolute atomic E-state index is 5.41. The summed E-state index contributed by atoms with van der Waals surface area (Å²) in [7, 11) is 0. The summed E-state index contributed by atoms with van der Waals surface area (Å²) in [4.78, 5) is 2.33. The molecule has 0 spiro atoms. The molecule has 0 unspecified atom stereocenters. The SMILES string of the molecule is CC[N+]1=C(c2ccccc2)CSC(N2CCOCC2)=N1. The lowest BCUT2D eigenvalue weighted by Crippen LogP contribution is -2.42. The van der Waals surface area contributed by atoms with Gasteiger partial charge in [0.25, 0.3) is 0 Å². The van der Waals surface area contributed by atoms with Crippen LogP contribution in [0.25, 0.3) is 0 Å². The molecule has 1 aromatic carbocycles. The molecule has 2 aliphatic heterocycles. The maximum atomic E-state index is 5.41. The quantitative estimate of drug-likeness (QED) is 0.778. The summed E-state index contributed by atoms with van der Waals surface area (Å²) in [6.07, 6.45) is 0. The van der Waals surface area contributed by atoms with Crippen molar-refractivity contribution >= 4 is 22.6 Å². The van der Waals surface area contributed by atoms with Crippen LogP contribution in [0.15, 0.2) is 35.4 Å². The van der Waals surface area contributed by atoms with Crippen LogP contribution in [-0.2, 0) is 4.74 Å². The predicted molar refractivity (Wildman–Crippen MR) is 83.6 cm³/mol. The molecule has 0 saturated carbocycles. The van der Waals surface area contributed by atoms with Gasteiger partial charge in [0.2, 0.25) is 10.9 Å². The molecule has 1 saturated heterocycles. The minimum atomic E-state index is 0.807. The van der Waals surface area contributed by atoms with E-state index in [0.29, 0.717) is 0 Å². The van der Waals surface area contributed by atoms with Crippen LogP contribution in [0.5, 0.6) is 0 Å². The molecule has 1 aromatic rings. The molecule has 0 aromatic heterocycles. The van der Waals surface area contributed by atoms with Crippen molar-refractivity contribution in [1.29, 1.82) is 0 Å². The number of ether oxygens (including phenoxy) is 1. The molecule has 1 fully saturated rings. The van der Waals surface area contributed by atoms with Gasteiger partial charge in [0, 0.05) is 23.8 Å². The van der Waals surface area contributed by atoms with Gasteiger partial charge in [-0.05, 0) is 19.1 Å². The van der Waals surface area contributed by atoms with E-state index in [-0.39, 0.29) is 0 Å². The smallest absolute Gasteiger partial charge is 0.231 e. The summed E-state index contributed by atoms with van der Waals surface area (Å²) in [6.45, 7) is 6.56. The standard InChI is InChI=1S/C15H20N3OS/c1-2-18-14(13-6-4-3-5-7-13)12-20-15(16-18)17-8-10-19-11-9-17/h3-7H,2,8-12H2,1H3/q+1. The first kappa shape index (κ1) is 13.6. The van der Waals surface area contributed by atoms with Crippen LogP contribution >= 0.6 is 11.8 Å². The Morgan fingerprint density at radius 1 is 1.25 bits per heavy atom. The Morgan fingerprint density at radius 3 is 2.70 bits per heavy atom. The molecule has 4 nitrogen and oxygen atoms in total. The minimum Gasteiger partial charge on any atom is -0.378 e. The first-order valence-electron chi connectivity index (χ1n) is 7.11. The molecule has 0 bridgehead atoms. The van der Waals surface area contributed by atoms with Gasteiger partial charge in [-0.25, -0.2) is 0 Å². The first-order valence-corrected chi connectivity index (χ1v) is 8.10. The molecule has 0 atom stereocenters. The van der Waals surface area contributed by atoms with Crippen molar-refractivity contribution in [2.75, 3.05) is 38.6 Å². The van der Waals surface area contributed by atoms with Crippen LogP contribution in [0.4, 0.5) is 0 Å². The lowest BCUT2D eigenvalue weighted by atomic mass is 10.1. The number of nitrogens with zero attached hydrogens (tertiary/aromatic N) is 3. The van der Waals surface area contributed by atoms with Crippen LogP contribution < -0.4 is 0 Å². The highest BCUT2D eigenvalue weighted by Gasteiger charge is 2.27. The summed E-state index contributed by atoms with van der Waals surface area (Å²) >= 11 is 1.83. The normalized spacial score (nSPS) is 20.1. The summed E-state index contributed by atoms with van der Waals surface area (Å²) in [5, 5.41) is 5.96. The largest absolute Gasteiger partial charge is 0.378 e. The maximum Gasteiger partial charge on any atom is 0.231 e. The molecular formula is C15H20N3OS+. The van der Waals surface area contributed by atoms with E-state index in [9.17, 15) is 0 Å². The van der Waals surface area contributed by atoms with Crippen LogP contribution in [0.1, 0.15) is 12.5 Å². The molecule has 5 heteroatoms. The lowest BCUT2D eigenvalue weighted by Gasteiger charge is -2.29. The van der Waals surface area contributed by atoms with E-state index in [1.165, 1.54) is 11.3 Å². The molecule has 2 aliphatic rings. The number of amidine groups is 1. The number of rotatable bonds is 2. The third kappa shape index (κ3) is 2.88. The van der Waals surface area contributed by atoms with E-state index >= 15 is 0 Å². The zero-order valence-electron chi connectivity index (χ0n) is 11.8. The van der Waals surface area contributed by atoms with Crippen LogP contribution in [0.3, 0.4) is 0 Å². The van der Waals surface area contributed by atoms with E-state index in [4.69, 9.17) is 9.84 Å². The molecule has 0 N–H and O–H groups in total. The zero-order chi connectivity index (χ0) is 13.8. The van der Waals surface area contributed by atoms with Gasteiger partial charge in [-0.3, -0.25) is 0 Å². The van der Waals surface area contributed by atoms with Gasteiger partial charge in [0.1, 0.15) is 0 Å². The third-order valence-corrected chi connectivity index (χ3v) is 4.56. The number of hydrogen-bond acceptors (Lipinski definition) is 4. The molecule has 106 valence electrons. The van der Waals surface area contributed by atoms with Gasteiger partial charge in [-0.1, -0.05) is 34.6 Å². The highest BCUT2D eigenvalue weighted by Crippen LogP contribution is 2.19. The Morgan fingerprint density at radius 2 is 2.00 bits per heavy atom. The Balaban J connectivity index is 1.87. The lowest BCUT2D eigenvalue weighted by molar-refractivity contribution is -0.530. The summed E-state index contributed by atoms with van der Waals surface area (Å²) in [6, 6.07) is 10.5. The molecule has 20 heavy (non-hydrogen) atoms. The molecule has 2 heterocycles. The summed E-state index contributed by atoms with van der Waals surface area (Å²) < 4.78 is 7.54. The van der Waals surface area contributed by atoms with Crippen molar-refractivity contribution in [3.8, 4) is 0 Å². The van der Waals surface area contributed by atoms with E-state index in [1.54, 1.807) is 0 Å². The monoisotopic (exact) mass is 290 g/mol. The average molecular weight is 290 g/mol. The van der Waals surface area contributed by atoms with E-state index < -0.39 is 0 Å². The fourth-order valence-corrected chi connectivity index (χ4v) is 3.54. The molecular weight excluding hydrogens is 270 g/mol. The van der Waals surface area contributed by atoms with E-state index in [0.717, 1.165) is 43.8 Å². The third-order valence-electron chi connectivity index (χ3n) is 3.54. The van der Waals surface area contributed by atoms with Gasteiger partial charge in [-0.2, -0.15) is 0 Å². The summed E-state index contributed by atoms with van der Waals surface area (Å²) in [5.74, 6) is 0.980. The van der Waals surface area contributed by atoms with E-state index in [1.807, 2.05) is 11.8 Å². The molecule has 0 amide bonds. The highest BCUT2D eigenvalue weighted by atomic mass is 32.2. The van der Waals surface area contributed by atoms with Crippen LogP contribution in [0, 0.1) is 0 Å². The van der Waals surface area contributed by atoms with Crippen molar-refractivity contribution in [3.05, 3.63) is 35.9 Å². The Kier molecular flexibility index (Phi) is 4.38. The predicted octanol–water partition coefficient (Wildman–Crippen LogP) is 1.86. The van der Waals surface area contributed by atoms with Gasteiger partial charge in [0.15, 0.2) is 6.54 Å². The number of hydrogen-bond donors (Lipinski definition) is 0. The van der Waals surface area contributed by atoms with Gasteiger partial charge < -0.3 is 9.64 Å². The molecule has 0 radical (unpaired) electrons. The minimum absolute atomic E-state index is 0.807. The molecule has 0 aliphatic carbocycles. The van der Waals surface area contributed by atoms with Gasteiger partial charge in [0.05, 0.1) is 19.0 Å². The van der Waals surface area contributed by atoms with Crippen LogP contribution in [-0.4, -0.2) is 59.1 Å². The number of morpholine rings is 1. The van der Waals surface area contributed by atoms with Gasteiger partial charge >= 0.3 is 0 Å². The average Bonchev–Trinajstić information content (AvgIpc) is 2.56. The Labute approximate surface area is 124 Å². The van der Waals surface area contributed by atoms with Crippen molar-refractivity contribution < 1.29 is 9.42 Å². The Hall–Kier alpha value is -1.33. The second-order valence-corrected chi connectivity index (χ2v) is 5.74. The topological polar surface area (TPSA) is 27.8 Å². The first-order chi connectivity index (χ1) is 9.88. The fourth-order valence-electron chi connectivity index (χ4n) is 2.43. The fraction of sp³-hybridized carbons (Fsp3) is 0.467. The molecule has 3 rings (SSSR count). The number of hydrazone groups is 1. The summed E-state index contributed by atoms with van der Waals surface area (Å²) in [5.41, 5.74) is 2.57. The zero-order valence-corrected chi connectivity index (χ0v) is 12.6.